The molecule has 18 heavy (non-hydrogen) atoms. The van der Waals surface area contributed by atoms with Gasteiger partial charge in [-0.3, -0.25) is 0 Å². The Morgan fingerprint density at radius 3 is 2.44 bits per heavy atom. The molecule has 0 aromatic rings. The number of nitrogens with one attached hydrogen (secondary N) is 1. The number of alkyl halides is 3. The van der Waals surface area contributed by atoms with Gasteiger partial charge in [-0.15, -0.1) is 0 Å². The quantitative estimate of drug-likeness (QED) is 0.824. The lowest BCUT2D eigenvalue weighted by Gasteiger charge is -2.34. The minimum atomic E-state index is -4.05. The van der Waals surface area contributed by atoms with E-state index in [-0.39, 0.29) is 24.9 Å². The lowest BCUT2D eigenvalue weighted by atomic mass is 9.84. The molecule has 0 heterocycles. The fourth-order valence-electron chi connectivity index (χ4n) is 2.55. The molecule has 2 nitrogen and oxygen atoms in total. The molecular weight excluding hydrogens is 243 g/mol. The molecule has 1 saturated carbocycles. The molecule has 1 rings (SSSR count). The number of rotatable bonds is 5. The van der Waals surface area contributed by atoms with Gasteiger partial charge in [0.15, 0.2) is 0 Å². The molecule has 1 fully saturated rings. The molecule has 1 aliphatic rings. The maximum Gasteiger partial charge on any atom is 0.391 e. The van der Waals surface area contributed by atoms with Crippen LogP contribution in [0.15, 0.2) is 0 Å². The smallest absolute Gasteiger partial charge is 0.383 e. The van der Waals surface area contributed by atoms with Crippen LogP contribution in [0.3, 0.4) is 0 Å². The van der Waals surface area contributed by atoms with E-state index in [4.69, 9.17) is 4.74 Å². The first kappa shape index (κ1) is 15.8. The molecule has 5 heteroatoms. The van der Waals surface area contributed by atoms with Crippen LogP contribution in [0.25, 0.3) is 0 Å². The largest absolute Gasteiger partial charge is 0.391 e. The van der Waals surface area contributed by atoms with Crippen molar-refractivity contribution in [2.75, 3.05) is 13.7 Å². The third-order valence-electron chi connectivity index (χ3n) is 3.74. The molecule has 0 amide bonds. The van der Waals surface area contributed by atoms with Gasteiger partial charge in [0.1, 0.15) is 0 Å². The third kappa shape index (κ3) is 4.76. The first-order valence-electron chi connectivity index (χ1n) is 6.66. The van der Waals surface area contributed by atoms with E-state index in [1.807, 2.05) is 0 Å². The molecule has 1 N–H and O–H groups in total. The summed E-state index contributed by atoms with van der Waals surface area (Å²) in [7, 11) is 1.62. The van der Waals surface area contributed by atoms with Crippen molar-refractivity contribution in [3.63, 3.8) is 0 Å². The summed E-state index contributed by atoms with van der Waals surface area (Å²) in [5.74, 6) is -0.782. The van der Waals surface area contributed by atoms with Crippen LogP contribution in [0.5, 0.6) is 0 Å². The zero-order chi connectivity index (χ0) is 13.8. The molecule has 1 aliphatic carbocycles. The molecule has 0 aromatic carbocycles. The average Bonchev–Trinajstić information content (AvgIpc) is 2.27. The predicted octanol–water partition coefficient (Wildman–Crippen LogP) is 3.37. The van der Waals surface area contributed by atoms with Crippen LogP contribution in [0, 0.1) is 11.8 Å². The van der Waals surface area contributed by atoms with Crippen LogP contribution in [0.4, 0.5) is 13.2 Å². The first-order chi connectivity index (χ1) is 8.34. The van der Waals surface area contributed by atoms with Gasteiger partial charge in [-0.05, 0) is 25.2 Å². The van der Waals surface area contributed by atoms with Gasteiger partial charge < -0.3 is 10.1 Å². The van der Waals surface area contributed by atoms with E-state index >= 15 is 0 Å². The van der Waals surface area contributed by atoms with Crippen LogP contribution in [0.1, 0.15) is 39.5 Å². The molecular formula is C13H24F3NO. The minimum Gasteiger partial charge on any atom is -0.383 e. The zero-order valence-corrected chi connectivity index (χ0v) is 11.4. The van der Waals surface area contributed by atoms with Crippen molar-refractivity contribution in [3.8, 4) is 0 Å². The highest BCUT2D eigenvalue weighted by molar-refractivity contribution is 4.84. The van der Waals surface area contributed by atoms with Gasteiger partial charge in [-0.2, -0.15) is 13.2 Å². The van der Waals surface area contributed by atoms with Crippen molar-refractivity contribution in [1.82, 2.24) is 5.32 Å². The molecule has 0 aliphatic heterocycles. The monoisotopic (exact) mass is 267 g/mol. The number of ether oxygens (including phenoxy) is 1. The van der Waals surface area contributed by atoms with E-state index in [1.165, 1.54) is 0 Å². The lowest BCUT2D eigenvalue weighted by molar-refractivity contribution is -0.184. The van der Waals surface area contributed by atoms with Crippen molar-refractivity contribution in [3.05, 3.63) is 0 Å². The second-order valence-electron chi connectivity index (χ2n) is 5.57. The SMILES string of the molecule is COCC(NC1CCCC(C(F)(F)F)C1)C(C)C. The van der Waals surface area contributed by atoms with Crippen LogP contribution < -0.4 is 5.32 Å². The van der Waals surface area contributed by atoms with Crippen LogP contribution in [-0.2, 0) is 4.74 Å². The normalized spacial score (nSPS) is 27.5. The molecule has 3 unspecified atom stereocenters. The molecule has 0 spiro atoms. The van der Waals surface area contributed by atoms with Crippen molar-refractivity contribution < 1.29 is 17.9 Å². The summed E-state index contributed by atoms with van der Waals surface area (Å²) >= 11 is 0. The summed E-state index contributed by atoms with van der Waals surface area (Å²) in [6.07, 6.45) is -2.08. The Morgan fingerprint density at radius 2 is 1.94 bits per heavy atom. The highest BCUT2D eigenvalue weighted by atomic mass is 19.4. The average molecular weight is 267 g/mol. The Labute approximate surface area is 107 Å². The molecule has 108 valence electrons. The highest BCUT2D eigenvalue weighted by Gasteiger charge is 2.42. The fourth-order valence-corrected chi connectivity index (χ4v) is 2.55. The van der Waals surface area contributed by atoms with Gasteiger partial charge in [0.2, 0.25) is 0 Å². The zero-order valence-electron chi connectivity index (χ0n) is 11.4. The number of hydrogen-bond acceptors (Lipinski definition) is 2. The van der Waals surface area contributed by atoms with Gasteiger partial charge in [-0.1, -0.05) is 20.3 Å². The maximum absolute atomic E-state index is 12.7. The Kier molecular flexibility index (Phi) is 5.92. The van der Waals surface area contributed by atoms with Crippen molar-refractivity contribution >= 4 is 0 Å². The molecule has 3 atom stereocenters. The third-order valence-corrected chi connectivity index (χ3v) is 3.74. The maximum atomic E-state index is 12.7. The molecule has 0 radical (unpaired) electrons. The first-order valence-corrected chi connectivity index (χ1v) is 6.66. The Hall–Kier alpha value is -0.290. The second kappa shape index (κ2) is 6.75. The van der Waals surface area contributed by atoms with Gasteiger partial charge in [-0.25, -0.2) is 0 Å². The minimum absolute atomic E-state index is 0.0343. The lowest BCUT2D eigenvalue weighted by Crippen LogP contribution is -2.47. The second-order valence-corrected chi connectivity index (χ2v) is 5.57. The summed E-state index contributed by atoms with van der Waals surface area (Å²) < 4.78 is 43.2. The summed E-state index contributed by atoms with van der Waals surface area (Å²) in [5, 5.41) is 3.33. The van der Waals surface area contributed by atoms with E-state index in [0.29, 0.717) is 18.9 Å². The summed E-state index contributed by atoms with van der Waals surface area (Å²) in [6, 6.07) is 0.0971. The van der Waals surface area contributed by atoms with Gasteiger partial charge >= 0.3 is 6.18 Å². The summed E-state index contributed by atoms with van der Waals surface area (Å²) in [5.41, 5.74) is 0. The Bertz CT molecular complexity index is 243. The van der Waals surface area contributed by atoms with Crippen LogP contribution >= 0.6 is 0 Å². The number of methoxy groups -OCH3 is 1. The van der Waals surface area contributed by atoms with E-state index in [1.54, 1.807) is 7.11 Å². The van der Waals surface area contributed by atoms with Crippen LogP contribution in [0.2, 0.25) is 0 Å². The summed E-state index contributed by atoms with van der Waals surface area (Å²) in [6.45, 7) is 4.66. The highest BCUT2D eigenvalue weighted by Crippen LogP contribution is 2.37. The number of hydrogen-bond donors (Lipinski definition) is 1. The Balaban J connectivity index is 2.50. The standard InChI is InChI=1S/C13H24F3NO/c1-9(2)12(8-18-3)17-11-6-4-5-10(7-11)13(14,15)16/h9-12,17H,4-8H2,1-3H3. The van der Waals surface area contributed by atoms with Gasteiger partial charge in [0.25, 0.3) is 0 Å². The molecule has 0 bridgehead atoms. The van der Waals surface area contributed by atoms with E-state index in [0.717, 1.165) is 6.42 Å². The van der Waals surface area contributed by atoms with E-state index in [9.17, 15) is 13.2 Å². The fraction of sp³-hybridized carbons (Fsp3) is 1.00. The molecule has 0 aromatic heterocycles. The van der Waals surface area contributed by atoms with Gasteiger partial charge in [0, 0.05) is 19.2 Å². The van der Waals surface area contributed by atoms with Crippen molar-refractivity contribution in [2.45, 2.75) is 57.8 Å². The summed E-state index contributed by atoms with van der Waals surface area (Å²) in [4.78, 5) is 0. The van der Waals surface area contributed by atoms with Gasteiger partial charge in [0.05, 0.1) is 12.5 Å². The Morgan fingerprint density at radius 1 is 1.28 bits per heavy atom. The van der Waals surface area contributed by atoms with Crippen LogP contribution in [-0.4, -0.2) is 32.0 Å². The predicted molar refractivity (Wildman–Crippen MR) is 65.4 cm³/mol. The van der Waals surface area contributed by atoms with E-state index < -0.39 is 12.1 Å². The number of halogens is 3. The van der Waals surface area contributed by atoms with E-state index in [2.05, 4.69) is 19.2 Å². The van der Waals surface area contributed by atoms with Crippen molar-refractivity contribution in [1.29, 1.82) is 0 Å². The topological polar surface area (TPSA) is 21.3 Å². The molecule has 0 saturated heterocycles. The van der Waals surface area contributed by atoms with Crippen molar-refractivity contribution in [2.24, 2.45) is 11.8 Å².